The van der Waals surface area contributed by atoms with Crippen molar-refractivity contribution in [1.29, 1.82) is 0 Å². The van der Waals surface area contributed by atoms with Crippen molar-refractivity contribution in [2.75, 3.05) is 13.7 Å². The van der Waals surface area contributed by atoms with Crippen LogP contribution in [0.2, 0.25) is 0 Å². The van der Waals surface area contributed by atoms with E-state index in [-0.39, 0.29) is 18.6 Å². The molecule has 1 atom stereocenters. The minimum Gasteiger partial charge on any atom is -0.451 e. The van der Waals surface area contributed by atoms with Crippen LogP contribution in [0.25, 0.3) is 11.3 Å². The van der Waals surface area contributed by atoms with Gasteiger partial charge in [-0.25, -0.2) is 9.78 Å². The highest BCUT2D eigenvalue weighted by Crippen LogP contribution is 2.28. The largest absolute Gasteiger partial charge is 0.451 e. The van der Waals surface area contributed by atoms with Crippen LogP contribution in [0.5, 0.6) is 0 Å². The summed E-state index contributed by atoms with van der Waals surface area (Å²) < 4.78 is 5.31. The molecule has 6 heteroatoms. The van der Waals surface area contributed by atoms with E-state index in [1.807, 2.05) is 74.5 Å². The normalized spacial score (nSPS) is 11.7. The molecule has 5 nitrogen and oxygen atoms in total. The van der Waals surface area contributed by atoms with Gasteiger partial charge in [-0.05, 0) is 19.4 Å². The molecule has 0 aliphatic carbocycles. The van der Waals surface area contributed by atoms with Crippen molar-refractivity contribution in [3.63, 3.8) is 0 Å². The maximum atomic E-state index is 12.6. The first-order valence-electron chi connectivity index (χ1n) is 8.98. The molecule has 0 fully saturated rings. The monoisotopic (exact) mass is 394 g/mol. The lowest BCUT2D eigenvalue weighted by Crippen LogP contribution is -2.33. The number of nitrogens with zero attached hydrogens (tertiary/aromatic N) is 2. The Morgan fingerprint density at radius 2 is 1.68 bits per heavy atom. The minimum atomic E-state index is -0.529. The molecule has 1 aromatic heterocycles. The first-order valence-corrected chi connectivity index (χ1v) is 9.79. The molecular weight excluding hydrogens is 372 g/mol. The van der Waals surface area contributed by atoms with Gasteiger partial charge in [0.25, 0.3) is 5.91 Å². The summed E-state index contributed by atoms with van der Waals surface area (Å²) in [5.41, 5.74) is 2.46. The lowest BCUT2D eigenvalue weighted by Gasteiger charge is -2.25. The molecule has 0 spiro atoms. The Balaban J connectivity index is 1.67. The third-order valence-electron chi connectivity index (χ3n) is 4.55. The second-order valence-electron chi connectivity index (χ2n) is 6.44. The van der Waals surface area contributed by atoms with Gasteiger partial charge >= 0.3 is 5.97 Å². The van der Waals surface area contributed by atoms with Crippen LogP contribution in [0.3, 0.4) is 0 Å². The number of thiazole rings is 1. The Hall–Kier alpha value is -2.99. The lowest BCUT2D eigenvalue weighted by atomic mass is 10.1. The van der Waals surface area contributed by atoms with Crippen LogP contribution in [0, 0.1) is 6.92 Å². The highest BCUT2D eigenvalue weighted by Gasteiger charge is 2.23. The first-order chi connectivity index (χ1) is 13.5. The molecule has 1 heterocycles. The van der Waals surface area contributed by atoms with Crippen molar-refractivity contribution in [1.82, 2.24) is 9.88 Å². The minimum absolute atomic E-state index is 0.113. The molecule has 0 saturated carbocycles. The number of amides is 1. The predicted octanol–water partition coefficient (Wildman–Crippen LogP) is 4.49. The van der Waals surface area contributed by atoms with E-state index in [4.69, 9.17) is 4.74 Å². The van der Waals surface area contributed by atoms with Crippen molar-refractivity contribution in [3.05, 3.63) is 76.1 Å². The van der Waals surface area contributed by atoms with Crippen LogP contribution in [-0.4, -0.2) is 35.4 Å². The van der Waals surface area contributed by atoms with Crippen LogP contribution in [-0.2, 0) is 9.53 Å². The van der Waals surface area contributed by atoms with Gasteiger partial charge in [0, 0.05) is 12.6 Å². The second-order valence-corrected chi connectivity index (χ2v) is 7.65. The number of hydrogen-bond donors (Lipinski definition) is 0. The molecule has 28 heavy (non-hydrogen) atoms. The molecule has 3 rings (SSSR count). The molecule has 144 valence electrons. The summed E-state index contributed by atoms with van der Waals surface area (Å²) in [4.78, 5) is 31.5. The van der Waals surface area contributed by atoms with Gasteiger partial charge in [0.1, 0.15) is 4.88 Å². The van der Waals surface area contributed by atoms with Crippen LogP contribution >= 0.6 is 11.3 Å². The van der Waals surface area contributed by atoms with E-state index in [2.05, 4.69) is 4.98 Å². The van der Waals surface area contributed by atoms with Gasteiger partial charge in [0.05, 0.1) is 16.7 Å². The second kappa shape index (κ2) is 8.80. The van der Waals surface area contributed by atoms with Gasteiger partial charge in [0.15, 0.2) is 6.61 Å². The molecule has 0 saturated heterocycles. The van der Waals surface area contributed by atoms with E-state index in [0.29, 0.717) is 10.6 Å². The predicted molar refractivity (Wildman–Crippen MR) is 110 cm³/mol. The van der Waals surface area contributed by atoms with Gasteiger partial charge < -0.3 is 9.64 Å². The molecule has 0 bridgehead atoms. The summed E-state index contributed by atoms with van der Waals surface area (Å²) in [6, 6.07) is 19.1. The van der Waals surface area contributed by atoms with Crippen LogP contribution in [0.4, 0.5) is 0 Å². The summed E-state index contributed by atoms with van der Waals surface area (Å²) in [6.07, 6.45) is 0. The van der Waals surface area contributed by atoms with E-state index in [1.54, 1.807) is 11.9 Å². The molecule has 0 unspecified atom stereocenters. The fraction of sp³-hybridized carbons (Fsp3) is 0.227. The highest BCUT2D eigenvalue weighted by atomic mass is 32.1. The van der Waals surface area contributed by atoms with Gasteiger partial charge in [0.2, 0.25) is 0 Å². The molecule has 0 aliphatic rings. The molecule has 0 N–H and O–H groups in total. The number of rotatable bonds is 6. The molecule has 3 aromatic rings. The first kappa shape index (κ1) is 19.8. The zero-order chi connectivity index (χ0) is 20.1. The number of carbonyl (C=O) groups is 2. The quantitative estimate of drug-likeness (QED) is 0.578. The van der Waals surface area contributed by atoms with Gasteiger partial charge in [-0.2, -0.15) is 0 Å². The molecule has 0 radical (unpaired) electrons. The SMILES string of the molecule is Cc1nc(-c2ccccc2)c(C(=O)OCC(=O)N(C)[C@@H](C)c2ccccc2)s1. The topological polar surface area (TPSA) is 59.5 Å². The van der Waals surface area contributed by atoms with Crippen molar-refractivity contribution < 1.29 is 14.3 Å². The summed E-state index contributed by atoms with van der Waals surface area (Å²) >= 11 is 1.27. The summed E-state index contributed by atoms with van der Waals surface area (Å²) in [5.74, 6) is -0.786. The average molecular weight is 394 g/mol. The summed E-state index contributed by atoms with van der Waals surface area (Å²) in [5, 5.41) is 0.770. The Morgan fingerprint density at radius 1 is 1.07 bits per heavy atom. The fourth-order valence-corrected chi connectivity index (χ4v) is 3.66. The van der Waals surface area contributed by atoms with Crippen LogP contribution in [0.15, 0.2) is 60.7 Å². The number of aromatic nitrogens is 1. The Morgan fingerprint density at radius 3 is 2.32 bits per heavy atom. The molecule has 2 aromatic carbocycles. The van der Waals surface area contributed by atoms with E-state index in [9.17, 15) is 9.59 Å². The van der Waals surface area contributed by atoms with Crippen molar-refractivity contribution in [3.8, 4) is 11.3 Å². The number of carbonyl (C=O) groups excluding carboxylic acids is 2. The number of esters is 1. The van der Waals surface area contributed by atoms with Gasteiger partial charge in [-0.1, -0.05) is 60.7 Å². The number of hydrogen-bond acceptors (Lipinski definition) is 5. The maximum Gasteiger partial charge on any atom is 0.351 e. The number of benzene rings is 2. The molecule has 1 amide bonds. The number of likely N-dealkylation sites (N-methyl/N-ethyl adjacent to an activating group) is 1. The van der Waals surface area contributed by atoms with E-state index in [1.165, 1.54) is 11.3 Å². The highest BCUT2D eigenvalue weighted by molar-refractivity contribution is 7.14. The number of ether oxygens (including phenoxy) is 1. The molecule has 0 aliphatic heterocycles. The maximum absolute atomic E-state index is 12.6. The Bertz CT molecular complexity index is 954. The van der Waals surface area contributed by atoms with Gasteiger partial charge in [-0.15, -0.1) is 11.3 Å². The summed E-state index contributed by atoms with van der Waals surface area (Å²) in [7, 11) is 1.71. The third kappa shape index (κ3) is 4.46. The third-order valence-corrected chi connectivity index (χ3v) is 5.50. The fourth-order valence-electron chi connectivity index (χ4n) is 2.82. The molecular formula is C22H22N2O3S. The van der Waals surface area contributed by atoms with Crippen molar-refractivity contribution in [2.24, 2.45) is 0 Å². The standard InChI is InChI=1S/C22H22N2O3S/c1-15(17-10-6-4-7-11-17)24(3)19(25)14-27-22(26)21-20(23-16(2)28-21)18-12-8-5-9-13-18/h4-13,15H,14H2,1-3H3/t15-/m0/s1. The lowest BCUT2D eigenvalue weighted by molar-refractivity contribution is -0.135. The number of aryl methyl sites for hydroxylation is 1. The zero-order valence-corrected chi connectivity index (χ0v) is 16.9. The van der Waals surface area contributed by atoms with E-state index >= 15 is 0 Å². The zero-order valence-electron chi connectivity index (χ0n) is 16.1. The summed E-state index contributed by atoms with van der Waals surface area (Å²) in [6.45, 7) is 3.47. The van der Waals surface area contributed by atoms with E-state index in [0.717, 1.165) is 16.1 Å². The van der Waals surface area contributed by atoms with Crippen molar-refractivity contribution >= 4 is 23.2 Å². The Labute approximate surface area is 168 Å². The smallest absolute Gasteiger partial charge is 0.351 e. The van der Waals surface area contributed by atoms with Gasteiger partial charge in [-0.3, -0.25) is 4.79 Å². The van der Waals surface area contributed by atoms with Crippen LogP contribution < -0.4 is 0 Å². The Kier molecular flexibility index (Phi) is 6.21. The van der Waals surface area contributed by atoms with E-state index < -0.39 is 5.97 Å². The van der Waals surface area contributed by atoms with Crippen LogP contribution in [0.1, 0.15) is 33.2 Å². The van der Waals surface area contributed by atoms with Crippen molar-refractivity contribution in [2.45, 2.75) is 19.9 Å². The average Bonchev–Trinajstić information content (AvgIpc) is 3.13.